The molecule has 1 aliphatic rings. The molecule has 0 bridgehead atoms. The van der Waals surface area contributed by atoms with Gasteiger partial charge in [0.2, 0.25) is 0 Å². The largest absolute Gasteiger partial charge is 0.507 e. The zero-order valence-electron chi connectivity index (χ0n) is 16.5. The van der Waals surface area contributed by atoms with Gasteiger partial charge < -0.3 is 20.4 Å². The molecule has 0 unspecified atom stereocenters. The number of carbonyl (C=O) groups is 1. The number of carboxylic acid groups (broad SMARTS) is 1. The highest BCUT2D eigenvalue weighted by Gasteiger charge is 2.20. The molecule has 0 aliphatic carbocycles. The van der Waals surface area contributed by atoms with Crippen LogP contribution in [0.1, 0.15) is 18.4 Å². The van der Waals surface area contributed by atoms with Crippen LogP contribution in [0, 0.1) is 6.92 Å². The molecule has 0 amide bonds. The van der Waals surface area contributed by atoms with Gasteiger partial charge in [-0.05, 0) is 63.2 Å². The number of fused-ring (bicyclic) bond motifs is 1. The maximum absolute atomic E-state index is 10.4. The number of rotatable bonds is 3. The number of hydrogen-bond donors (Lipinski definition) is 3. The van der Waals surface area contributed by atoms with Gasteiger partial charge in [-0.3, -0.25) is 9.78 Å². The van der Waals surface area contributed by atoms with Gasteiger partial charge in [0, 0.05) is 29.7 Å². The van der Waals surface area contributed by atoms with Crippen LogP contribution in [0.3, 0.4) is 0 Å². The second-order valence-corrected chi connectivity index (χ2v) is 7.17. The van der Waals surface area contributed by atoms with E-state index in [0.717, 1.165) is 36.0 Å². The van der Waals surface area contributed by atoms with Crippen LogP contribution in [-0.4, -0.2) is 62.9 Å². The molecular weight excluding hydrogens is 370 g/mol. The summed E-state index contributed by atoms with van der Waals surface area (Å²) in [5, 5.41) is 30.5. The van der Waals surface area contributed by atoms with Crippen molar-refractivity contribution in [3.63, 3.8) is 0 Å². The van der Waals surface area contributed by atoms with Gasteiger partial charge in [0.05, 0.1) is 0 Å². The molecule has 8 heteroatoms. The Bertz CT molecular complexity index is 995. The Balaban J connectivity index is 0.000000755. The Kier molecular flexibility index (Phi) is 6.56. The van der Waals surface area contributed by atoms with Crippen molar-refractivity contribution in [2.24, 2.45) is 0 Å². The number of phenols is 1. The fourth-order valence-electron chi connectivity index (χ4n) is 3.60. The minimum Gasteiger partial charge on any atom is -0.507 e. The van der Waals surface area contributed by atoms with Gasteiger partial charge >= 0.3 is 0 Å². The fourth-order valence-corrected chi connectivity index (χ4v) is 3.60. The predicted molar refractivity (Wildman–Crippen MR) is 112 cm³/mol. The summed E-state index contributed by atoms with van der Waals surface area (Å²) >= 11 is 0. The summed E-state index contributed by atoms with van der Waals surface area (Å²) in [5.41, 5.74) is 3.11. The van der Waals surface area contributed by atoms with E-state index in [-0.39, 0.29) is 12.2 Å². The van der Waals surface area contributed by atoms with Crippen LogP contribution in [0.25, 0.3) is 22.2 Å². The van der Waals surface area contributed by atoms with Crippen LogP contribution in [0.5, 0.6) is 5.75 Å². The molecule has 0 spiro atoms. The first kappa shape index (κ1) is 20.5. The lowest BCUT2D eigenvalue weighted by molar-refractivity contribution is -0.122. The number of phenolic OH excluding ortho intramolecular Hbond substituents is 1. The second kappa shape index (κ2) is 9.29. The molecule has 0 saturated carbocycles. The molecule has 1 saturated heterocycles. The summed E-state index contributed by atoms with van der Waals surface area (Å²) in [6, 6.07) is 9.78. The summed E-state index contributed by atoms with van der Waals surface area (Å²) in [5.74, 6) is 0.912. The number of benzene rings is 1. The number of nitrogens with one attached hydrogen (secondary N) is 1. The molecule has 3 heterocycles. The highest BCUT2D eigenvalue weighted by atomic mass is 16.3. The van der Waals surface area contributed by atoms with Gasteiger partial charge in [0.25, 0.3) is 6.47 Å². The maximum Gasteiger partial charge on any atom is 0.290 e. The van der Waals surface area contributed by atoms with Gasteiger partial charge in [-0.1, -0.05) is 6.07 Å². The fraction of sp³-hybridized carbons (Fsp3) is 0.333. The zero-order chi connectivity index (χ0) is 20.8. The van der Waals surface area contributed by atoms with E-state index in [4.69, 9.17) is 9.90 Å². The third kappa shape index (κ3) is 4.78. The maximum atomic E-state index is 10.4. The van der Waals surface area contributed by atoms with E-state index >= 15 is 0 Å². The van der Waals surface area contributed by atoms with Crippen LogP contribution in [0.4, 0.5) is 5.82 Å². The Hall–Kier alpha value is -3.26. The Labute approximate surface area is 169 Å². The average molecular weight is 395 g/mol. The Morgan fingerprint density at radius 3 is 2.79 bits per heavy atom. The Morgan fingerprint density at radius 1 is 1.28 bits per heavy atom. The summed E-state index contributed by atoms with van der Waals surface area (Å²) < 4.78 is 0. The molecule has 2 aromatic heterocycles. The molecule has 152 valence electrons. The van der Waals surface area contributed by atoms with Crippen LogP contribution in [0.2, 0.25) is 0 Å². The van der Waals surface area contributed by atoms with Crippen molar-refractivity contribution in [1.82, 2.24) is 20.1 Å². The van der Waals surface area contributed by atoms with E-state index in [1.54, 1.807) is 12.3 Å². The smallest absolute Gasteiger partial charge is 0.290 e. The van der Waals surface area contributed by atoms with E-state index in [0.29, 0.717) is 23.1 Å². The number of likely N-dealkylation sites (N-methyl/N-ethyl adjacent to an activating group) is 1. The summed E-state index contributed by atoms with van der Waals surface area (Å²) in [4.78, 5) is 15.2. The van der Waals surface area contributed by atoms with Crippen LogP contribution < -0.4 is 5.32 Å². The lowest BCUT2D eigenvalue weighted by Gasteiger charge is -2.30. The van der Waals surface area contributed by atoms with E-state index in [1.807, 2.05) is 31.2 Å². The van der Waals surface area contributed by atoms with Crippen molar-refractivity contribution in [2.45, 2.75) is 25.8 Å². The normalized spacial score (nSPS) is 16.7. The minimum absolute atomic E-state index is 0.207. The molecule has 1 atom stereocenters. The van der Waals surface area contributed by atoms with Crippen LogP contribution in [-0.2, 0) is 4.79 Å². The second-order valence-electron chi connectivity index (χ2n) is 7.17. The van der Waals surface area contributed by atoms with Crippen molar-refractivity contribution in [2.75, 3.05) is 25.5 Å². The number of aromatic hydroxyl groups is 1. The van der Waals surface area contributed by atoms with Gasteiger partial charge in [-0.2, -0.15) is 0 Å². The first-order valence-corrected chi connectivity index (χ1v) is 9.47. The average Bonchev–Trinajstić information content (AvgIpc) is 2.70. The lowest BCUT2D eigenvalue weighted by atomic mass is 10.0. The summed E-state index contributed by atoms with van der Waals surface area (Å²) in [7, 11) is 2.14. The van der Waals surface area contributed by atoms with E-state index in [2.05, 4.69) is 32.4 Å². The van der Waals surface area contributed by atoms with Crippen LogP contribution in [0.15, 0.2) is 36.5 Å². The number of hydrogen-bond acceptors (Lipinski definition) is 7. The molecule has 4 rings (SSSR count). The molecule has 29 heavy (non-hydrogen) atoms. The number of anilines is 1. The number of piperidine rings is 1. The topological polar surface area (TPSA) is 111 Å². The van der Waals surface area contributed by atoms with Crippen molar-refractivity contribution in [3.05, 3.63) is 42.1 Å². The van der Waals surface area contributed by atoms with Gasteiger partial charge in [-0.25, -0.2) is 0 Å². The number of nitrogens with zero attached hydrogens (tertiary/aromatic N) is 4. The number of likely N-dealkylation sites (tertiary alicyclic amines) is 1. The van der Waals surface area contributed by atoms with E-state index in [9.17, 15) is 5.11 Å². The summed E-state index contributed by atoms with van der Waals surface area (Å²) in [6.45, 7) is 3.81. The monoisotopic (exact) mass is 395 g/mol. The number of pyridine rings is 1. The van der Waals surface area contributed by atoms with Crippen molar-refractivity contribution in [1.29, 1.82) is 0 Å². The van der Waals surface area contributed by atoms with Gasteiger partial charge in [-0.15, -0.1) is 10.2 Å². The zero-order valence-corrected chi connectivity index (χ0v) is 16.5. The molecule has 3 aromatic rings. The first-order valence-electron chi connectivity index (χ1n) is 9.47. The minimum atomic E-state index is -0.250. The molecular formula is C21H25N5O3. The van der Waals surface area contributed by atoms with Crippen molar-refractivity contribution >= 4 is 23.2 Å². The van der Waals surface area contributed by atoms with E-state index < -0.39 is 0 Å². The number of aromatic nitrogens is 3. The van der Waals surface area contributed by atoms with Gasteiger partial charge in [0.1, 0.15) is 17.0 Å². The quantitative estimate of drug-likeness (QED) is 0.581. The number of aryl methyl sites for hydroxylation is 1. The molecule has 0 radical (unpaired) electrons. The Morgan fingerprint density at radius 2 is 2.07 bits per heavy atom. The third-order valence-electron chi connectivity index (χ3n) is 4.91. The molecule has 1 fully saturated rings. The standard InChI is InChI=1S/C20H23N5O.CH2O2/c1-13-7-8-15(17(26)11-13)18-16-6-3-9-21-19(16)20(24-23-18)22-14-5-4-10-25(2)12-14;2-1-3/h3,6-9,11,14,26H,4-5,10,12H2,1-2H3,(H,22,24);1H,(H,2,3)/t14-;/m1./s1. The first-order chi connectivity index (χ1) is 14.0. The lowest BCUT2D eigenvalue weighted by Crippen LogP contribution is -2.40. The molecule has 8 nitrogen and oxygen atoms in total. The predicted octanol–water partition coefficient (Wildman–Crippen LogP) is 2.91. The van der Waals surface area contributed by atoms with Crippen molar-refractivity contribution in [3.8, 4) is 17.0 Å². The highest BCUT2D eigenvalue weighted by Crippen LogP contribution is 2.34. The third-order valence-corrected chi connectivity index (χ3v) is 4.91. The molecule has 3 N–H and O–H groups in total. The van der Waals surface area contributed by atoms with Gasteiger partial charge in [0.15, 0.2) is 5.82 Å². The summed E-state index contributed by atoms with van der Waals surface area (Å²) in [6.07, 6.45) is 4.05. The SMILES string of the molecule is Cc1ccc(-c2nnc(N[C@@H]3CCCN(C)C3)c3ncccc23)c(O)c1.O=CO. The van der Waals surface area contributed by atoms with Crippen LogP contribution >= 0.6 is 0 Å². The molecule has 1 aliphatic heterocycles. The highest BCUT2D eigenvalue weighted by molar-refractivity contribution is 5.98. The van der Waals surface area contributed by atoms with E-state index in [1.165, 1.54) is 6.42 Å². The van der Waals surface area contributed by atoms with Crippen molar-refractivity contribution < 1.29 is 15.0 Å². The molecule has 1 aromatic carbocycles.